The summed E-state index contributed by atoms with van der Waals surface area (Å²) < 4.78 is 7.42. The predicted molar refractivity (Wildman–Crippen MR) is 113 cm³/mol. The number of anilines is 1. The summed E-state index contributed by atoms with van der Waals surface area (Å²) in [6.45, 7) is 3.05. The van der Waals surface area contributed by atoms with Gasteiger partial charge in [0.1, 0.15) is 0 Å². The number of aromatic nitrogens is 1. The van der Waals surface area contributed by atoms with Gasteiger partial charge in [0.25, 0.3) is 0 Å². The number of aryl methyl sites for hydroxylation is 1. The van der Waals surface area contributed by atoms with Crippen LogP contribution in [0.15, 0.2) is 24.4 Å². The van der Waals surface area contributed by atoms with Crippen LogP contribution in [-0.2, 0) is 9.53 Å². The van der Waals surface area contributed by atoms with E-state index in [4.69, 9.17) is 4.74 Å². The largest absolute Gasteiger partial charge is 0.394 e. The number of fused-ring (bicyclic) bond motifs is 1. The first-order chi connectivity index (χ1) is 14.1. The van der Waals surface area contributed by atoms with E-state index in [0.29, 0.717) is 25.6 Å². The Morgan fingerprint density at radius 2 is 1.97 bits per heavy atom. The summed E-state index contributed by atoms with van der Waals surface area (Å²) in [5.74, 6) is 0.595. The minimum Gasteiger partial charge on any atom is -0.394 e. The molecule has 1 saturated heterocycles. The molecule has 29 heavy (non-hydrogen) atoms. The van der Waals surface area contributed by atoms with Crippen molar-refractivity contribution in [3.63, 3.8) is 0 Å². The van der Waals surface area contributed by atoms with E-state index in [1.165, 1.54) is 32.1 Å². The molecule has 0 spiro atoms. The van der Waals surface area contributed by atoms with Gasteiger partial charge in [-0.15, -0.1) is 0 Å². The van der Waals surface area contributed by atoms with E-state index in [-0.39, 0.29) is 24.5 Å². The molecule has 1 aromatic carbocycles. The molecule has 1 aliphatic heterocycles. The van der Waals surface area contributed by atoms with Crippen molar-refractivity contribution in [2.45, 2.75) is 51.5 Å². The number of carbonyl (C=O) groups excluding carboxylic acids is 1. The van der Waals surface area contributed by atoms with Gasteiger partial charge in [-0.1, -0.05) is 31.4 Å². The minimum absolute atomic E-state index is 0.0172. The number of hydrogen-bond acceptors (Lipinski definition) is 4. The number of carbonyl (C=O) groups is 1. The zero-order valence-corrected chi connectivity index (χ0v) is 17.2. The SMILES string of the molecule is Cc1cccc2c1c(NC(=O)CC1(C3CCCCC3)COC1)cn2C(CO)CO. The van der Waals surface area contributed by atoms with Gasteiger partial charge in [0.2, 0.25) is 5.91 Å². The maximum Gasteiger partial charge on any atom is 0.225 e. The monoisotopic (exact) mass is 400 g/mol. The summed E-state index contributed by atoms with van der Waals surface area (Å²) in [6, 6.07) is 5.49. The van der Waals surface area contributed by atoms with Crippen molar-refractivity contribution in [2.75, 3.05) is 31.7 Å². The van der Waals surface area contributed by atoms with Gasteiger partial charge in [-0.25, -0.2) is 0 Å². The van der Waals surface area contributed by atoms with E-state index in [0.717, 1.165) is 22.2 Å². The van der Waals surface area contributed by atoms with Crippen molar-refractivity contribution in [3.05, 3.63) is 30.0 Å². The Hall–Kier alpha value is -1.89. The second-order valence-corrected chi connectivity index (χ2v) is 8.85. The standard InChI is InChI=1S/C23H32N2O4/c1-16-6-5-9-20-22(16)19(11-25(20)18(12-26)13-27)24-21(28)10-23(14-29-15-23)17-7-3-2-4-8-17/h5-6,9,11,17-18,26-27H,2-4,7-8,10,12-15H2,1H3,(H,24,28). The number of rotatable bonds is 7. The van der Waals surface area contributed by atoms with E-state index in [1.807, 2.05) is 35.9 Å². The van der Waals surface area contributed by atoms with Crippen LogP contribution in [0.1, 0.15) is 50.1 Å². The number of amides is 1. The normalized spacial score (nSPS) is 19.4. The van der Waals surface area contributed by atoms with Crippen LogP contribution in [0.2, 0.25) is 0 Å². The molecule has 2 aliphatic rings. The summed E-state index contributed by atoms with van der Waals surface area (Å²) >= 11 is 0. The highest BCUT2D eigenvalue weighted by Gasteiger charge is 2.47. The van der Waals surface area contributed by atoms with Crippen molar-refractivity contribution in [3.8, 4) is 0 Å². The van der Waals surface area contributed by atoms with Gasteiger partial charge < -0.3 is 24.8 Å². The first-order valence-corrected chi connectivity index (χ1v) is 10.8. The molecule has 1 aromatic heterocycles. The highest BCUT2D eigenvalue weighted by Crippen LogP contribution is 2.46. The lowest BCUT2D eigenvalue weighted by Gasteiger charge is -2.48. The fourth-order valence-electron chi connectivity index (χ4n) is 5.20. The molecule has 0 bridgehead atoms. The molecule has 6 heteroatoms. The average Bonchev–Trinajstić information content (AvgIpc) is 3.06. The van der Waals surface area contributed by atoms with Gasteiger partial charge in [0.15, 0.2) is 0 Å². The zero-order chi connectivity index (χ0) is 20.4. The molecule has 0 atom stereocenters. The van der Waals surface area contributed by atoms with Gasteiger partial charge in [-0.3, -0.25) is 4.79 Å². The Morgan fingerprint density at radius 1 is 1.24 bits per heavy atom. The maximum absolute atomic E-state index is 13.1. The van der Waals surface area contributed by atoms with Crippen molar-refractivity contribution < 1.29 is 19.7 Å². The van der Waals surface area contributed by atoms with Crippen molar-refractivity contribution in [2.24, 2.45) is 11.3 Å². The first kappa shape index (κ1) is 20.4. The molecule has 1 aliphatic carbocycles. The van der Waals surface area contributed by atoms with Crippen LogP contribution in [0.25, 0.3) is 10.9 Å². The molecule has 3 N–H and O–H groups in total. The summed E-state index contributed by atoms with van der Waals surface area (Å²) in [5.41, 5.74) is 2.69. The number of benzene rings is 1. The third-order valence-corrected chi connectivity index (χ3v) is 6.92. The Morgan fingerprint density at radius 3 is 2.59 bits per heavy atom. The van der Waals surface area contributed by atoms with Crippen LogP contribution in [0.3, 0.4) is 0 Å². The van der Waals surface area contributed by atoms with E-state index in [9.17, 15) is 15.0 Å². The Labute approximate surface area is 171 Å². The molecule has 4 rings (SSSR count). The third kappa shape index (κ3) is 3.81. The molecular formula is C23H32N2O4. The highest BCUT2D eigenvalue weighted by molar-refractivity contribution is 6.03. The van der Waals surface area contributed by atoms with Crippen LogP contribution in [0, 0.1) is 18.3 Å². The topological polar surface area (TPSA) is 83.7 Å². The average molecular weight is 401 g/mol. The Balaban J connectivity index is 1.58. The summed E-state index contributed by atoms with van der Waals surface area (Å²) in [4.78, 5) is 13.1. The number of ether oxygens (including phenoxy) is 1. The smallest absolute Gasteiger partial charge is 0.225 e. The van der Waals surface area contributed by atoms with Crippen LogP contribution in [0.5, 0.6) is 0 Å². The molecule has 0 radical (unpaired) electrons. The molecule has 0 unspecified atom stereocenters. The summed E-state index contributed by atoms with van der Waals surface area (Å²) in [7, 11) is 0. The maximum atomic E-state index is 13.1. The minimum atomic E-state index is -0.432. The lowest BCUT2D eigenvalue weighted by Crippen LogP contribution is -2.51. The van der Waals surface area contributed by atoms with E-state index >= 15 is 0 Å². The number of nitrogens with one attached hydrogen (secondary N) is 1. The van der Waals surface area contributed by atoms with Gasteiger partial charge in [-0.2, -0.15) is 0 Å². The number of aliphatic hydroxyl groups excluding tert-OH is 2. The molecule has 158 valence electrons. The highest BCUT2D eigenvalue weighted by atomic mass is 16.5. The second-order valence-electron chi connectivity index (χ2n) is 8.85. The molecule has 6 nitrogen and oxygen atoms in total. The fraction of sp³-hybridized carbons (Fsp3) is 0.609. The molecule has 2 heterocycles. The third-order valence-electron chi connectivity index (χ3n) is 6.92. The molecule has 1 saturated carbocycles. The van der Waals surface area contributed by atoms with Crippen LogP contribution in [0.4, 0.5) is 5.69 Å². The number of hydrogen-bond donors (Lipinski definition) is 3. The lowest BCUT2D eigenvalue weighted by molar-refractivity contribution is -0.163. The molecular weight excluding hydrogens is 368 g/mol. The quantitative estimate of drug-likeness (QED) is 0.665. The number of nitrogens with zero attached hydrogens (tertiary/aromatic N) is 1. The van der Waals surface area contributed by atoms with E-state index < -0.39 is 6.04 Å². The Bertz CT molecular complexity index is 861. The van der Waals surface area contributed by atoms with Gasteiger partial charge in [-0.05, 0) is 37.3 Å². The van der Waals surface area contributed by atoms with Crippen LogP contribution < -0.4 is 5.32 Å². The predicted octanol–water partition coefficient (Wildman–Crippen LogP) is 3.40. The van der Waals surface area contributed by atoms with Gasteiger partial charge in [0.05, 0.1) is 43.7 Å². The van der Waals surface area contributed by atoms with Crippen LogP contribution >= 0.6 is 0 Å². The molecule has 2 aromatic rings. The van der Waals surface area contributed by atoms with E-state index in [1.54, 1.807) is 0 Å². The fourth-order valence-corrected chi connectivity index (χ4v) is 5.20. The second kappa shape index (κ2) is 8.46. The van der Waals surface area contributed by atoms with Crippen LogP contribution in [-0.4, -0.2) is 47.1 Å². The van der Waals surface area contributed by atoms with Crippen molar-refractivity contribution in [1.82, 2.24) is 4.57 Å². The summed E-state index contributed by atoms with van der Waals surface area (Å²) in [5, 5.41) is 23.4. The number of aliphatic hydroxyl groups is 2. The van der Waals surface area contributed by atoms with Crippen molar-refractivity contribution in [1.29, 1.82) is 0 Å². The van der Waals surface area contributed by atoms with Crippen molar-refractivity contribution >= 4 is 22.5 Å². The summed E-state index contributed by atoms with van der Waals surface area (Å²) in [6.07, 6.45) is 8.54. The van der Waals surface area contributed by atoms with E-state index in [2.05, 4.69) is 5.32 Å². The lowest BCUT2D eigenvalue weighted by atomic mass is 9.65. The van der Waals surface area contributed by atoms with Gasteiger partial charge in [0, 0.05) is 23.4 Å². The first-order valence-electron chi connectivity index (χ1n) is 10.8. The Kier molecular flexibility index (Phi) is 5.95. The van der Waals surface area contributed by atoms with Gasteiger partial charge >= 0.3 is 0 Å². The molecule has 1 amide bonds. The zero-order valence-electron chi connectivity index (χ0n) is 17.2. The molecule has 2 fully saturated rings.